The molecule has 3 aromatic rings. The van der Waals surface area contributed by atoms with Gasteiger partial charge in [0.15, 0.2) is 0 Å². The number of nitrogens with zero attached hydrogens (tertiary/aromatic N) is 3. The predicted molar refractivity (Wildman–Crippen MR) is 119 cm³/mol. The van der Waals surface area contributed by atoms with E-state index in [2.05, 4.69) is 30.9 Å². The lowest BCUT2D eigenvalue weighted by Crippen LogP contribution is -2.41. The van der Waals surface area contributed by atoms with Gasteiger partial charge in [-0.1, -0.05) is 12.1 Å². The topological polar surface area (TPSA) is 137 Å². The number of hydrogen-bond donors (Lipinski definition) is 5. The molecule has 32 heavy (non-hydrogen) atoms. The van der Waals surface area contributed by atoms with Gasteiger partial charge in [0.1, 0.15) is 17.7 Å². The minimum absolute atomic E-state index is 0.335. The van der Waals surface area contributed by atoms with Gasteiger partial charge in [-0.25, -0.2) is 14.8 Å². The number of hydrogen-bond acceptors (Lipinski definition) is 6. The molecule has 0 radical (unpaired) electrons. The molecule has 0 saturated heterocycles. The summed E-state index contributed by atoms with van der Waals surface area (Å²) in [5.41, 5.74) is 1.45. The summed E-state index contributed by atoms with van der Waals surface area (Å²) in [6, 6.07) is 6.18. The molecule has 1 amide bonds. The van der Waals surface area contributed by atoms with Gasteiger partial charge in [-0.05, 0) is 37.1 Å². The quantitative estimate of drug-likeness (QED) is 0.252. The second-order valence-electron chi connectivity index (χ2n) is 7.47. The molecule has 0 fully saturated rings. The fourth-order valence-corrected chi connectivity index (χ4v) is 3.19. The highest BCUT2D eigenvalue weighted by Gasteiger charge is 2.20. The van der Waals surface area contributed by atoms with Crippen LogP contribution in [0.5, 0.6) is 0 Å². The summed E-state index contributed by atoms with van der Waals surface area (Å²) in [6.07, 6.45) is 8.02. The lowest BCUT2D eigenvalue weighted by Gasteiger charge is -2.15. The fraction of sp³-hybridized carbons (Fsp3) is 0.364. The van der Waals surface area contributed by atoms with Crippen LogP contribution in [0.1, 0.15) is 40.4 Å². The Kier molecular flexibility index (Phi) is 8.52. The van der Waals surface area contributed by atoms with Gasteiger partial charge in [-0.3, -0.25) is 4.79 Å². The summed E-state index contributed by atoms with van der Waals surface area (Å²) in [7, 11) is 1.94. The minimum atomic E-state index is -1.04. The standard InChI is InChI=1S/C22H29N7O3/c1-29-12-11-27-20(29)15-24-13-16-4-6-17(7-5-16)21(30)28-18(22(31)32)3-2-8-23-14-19-25-9-10-26-19/h4-7,9-12,18,23-24H,2-3,8,13-15H2,1H3,(H,25,26)(H,28,30)(H,31,32)/t18-/m0/s1. The first-order valence-corrected chi connectivity index (χ1v) is 10.5. The Morgan fingerprint density at radius 3 is 2.56 bits per heavy atom. The lowest BCUT2D eigenvalue weighted by molar-refractivity contribution is -0.139. The number of aryl methyl sites for hydroxylation is 1. The van der Waals surface area contributed by atoms with Crippen molar-refractivity contribution < 1.29 is 14.7 Å². The molecule has 170 valence electrons. The van der Waals surface area contributed by atoms with Crippen molar-refractivity contribution in [3.05, 3.63) is 71.8 Å². The van der Waals surface area contributed by atoms with E-state index >= 15 is 0 Å². The molecule has 3 rings (SSSR count). The van der Waals surface area contributed by atoms with Gasteiger partial charge in [-0.2, -0.15) is 0 Å². The van der Waals surface area contributed by atoms with Gasteiger partial charge in [0.25, 0.3) is 5.91 Å². The second kappa shape index (κ2) is 11.8. The zero-order chi connectivity index (χ0) is 22.8. The van der Waals surface area contributed by atoms with Crippen LogP contribution in [0.3, 0.4) is 0 Å². The van der Waals surface area contributed by atoms with Crippen molar-refractivity contribution in [3.8, 4) is 0 Å². The Morgan fingerprint density at radius 1 is 1.09 bits per heavy atom. The highest BCUT2D eigenvalue weighted by Crippen LogP contribution is 2.07. The third-order valence-corrected chi connectivity index (χ3v) is 5.05. The summed E-state index contributed by atoms with van der Waals surface area (Å²) in [5.74, 6) is 0.327. The number of imidazole rings is 2. The van der Waals surface area contributed by atoms with E-state index in [9.17, 15) is 14.7 Å². The molecule has 1 atom stereocenters. The largest absolute Gasteiger partial charge is 0.480 e. The molecular formula is C22H29N7O3. The van der Waals surface area contributed by atoms with E-state index in [1.54, 1.807) is 30.7 Å². The first-order valence-electron chi connectivity index (χ1n) is 10.5. The van der Waals surface area contributed by atoms with Gasteiger partial charge < -0.3 is 30.6 Å². The molecule has 0 aliphatic heterocycles. The van der Waals surface area contributed by atoms with E-state index in [0.717, 1.165) is 17.2 Å². The number of benzene rings is 1. The van der Waals surface area contributed by atoms with Gasteiger partial charge in [0.05, 0.1) is 13.1 Å². The zero-order valence-electron chi connectivity index (χ0n) is 18.0. The number of carboxylic acid groups (broad SMARTS) is 1. The molecule has 2 heterocycles. The number of carbonyl (C=O) groups is 2. The Morgan fingerprint density at radius 2 is 1.91 bits per heavy atom. The molecule has 0 aliphatic carbocycles. The van der Waals surface area contributed by atoms with Crippen molar-refractivity contribution in [2.24, 2.45) is 7.05 Å². The molecule has 1 aromatic carbocycles. The Balaban J connectivity index is 1.40. The lowest BCUT2D eigenvalue weighted by atomic mass is 10.1. The van der Waals surface area contributed by atoms with E-state index in [-0.39, 0.29) is 0 Å². The van der Waals surface area contributed by atoms with E-state index in [1.165, 1.54) is 0 Å². The van der Waals surface area contributed by atoms with Crippen molar-refractivity contribution in [1.82, 2.24) is 35.5 Å². The Bertz CT molecular complexity index is 983. The molecule has 0 saturated carbocycles. The van der Waals surface area contributed by atoms with Crippen LogP contribution in [0.25, 0.3) is 0 Å². The molecule has 2 aromatic heterocycles. The maximum Gasteiger partial charge on any atom is 0.326 e. The van der Waals surface area contributed by atoms with Crippen LogP contribution in [0.4, 0.5) is 0 Å². The number of nitrogens with one attached hydrogen (secondary N) is 4. The van der Waals surface area contributed by atoms with E-state index in [4.69, 9.17) is 0 Å². The molecule has 5 N–H and O–H groups in total. The minimum Gasteiger partial charge on any atom is -0.480 e. The molecule has 10 heteroatoms. The fourth-order valence-electron chi connectivity index (χ4n) is 3.19. The molecule has 0 spiro atoms. The summed E-state index contributed by atoms with van der Waals surface area (Å²) in [4.78, 5) is 35.4. The van der Waals surface area contributed by atoms with Crippen molar-refractivity contribution in [1.29, 1.82) is 0 Å². The average molecular weight is 440 g/mol. The highest BCUT2D eigenvalue weighted by atomic mass is 16.4. The number of H-pyrrole nitrogens is 1. The average Bonchev–Trinajstić information content (AvgIpc) is 3.45. The first-order chi connectivity index (χ1) is 15.5. The van der Waals surface area contributed by atoms with Crippen LogP contribution < -0.4 is 16.0 Å². The molecule has 0 bridgehead atoms. The second-order valence-corrected chi connectivity index (χ2v) is 7.47. The van der Waals surface area contributed by atoms with Crippen molar-refractivity contribution >= 4 is 11.9 Å². The van der Waals surface area contributed by atoms with Crippen LogP contribution in [0.15, 0.2) is 49.1 Å². The van der Waals surface area contributed by atoms with Crippen LogP contribution in [-0.4, -0.2) is 49.1 Å². The number of rotatable bonds is 13. The maximum atomic E-state index is 12.5. The number of carboxylic acids is 1. The van der Waals surface area contributed by atoms with Crippen molar-refractivity contribution in [2.75, 3.05) is 6.54 Å². The van der Waals surface area contributed by atoms with E-state index in [0.29, 0.717) is 44.6 Å². The normalized spacial score (nSPS) is 11.9. The first kappa shape index (κ1) is 23.2. The number of aromatic nitrogens is 4. The van der Waals surface area contributed by atoms with Gasteiger partial charge >= 0.3 is 5.97 Å². The number of aromatic amines is 1. The summed E-state index contributed by atoms with van der Waals surface area (Å²) in [6.45, 7) is 2.49. The summed E-state index contributed by atoms with van der Waals surface area (Å²) < 4.78 is 1.95. The van der Waals surface area contributed by atoms with Crippen LogP contribution in [-0.2, 0) is 31.5 Å². The van der Waals surface area contributed by atoms with E-state index < -0.39 is 17.9 Å². The third kappa shape index (κ3) is 7.03. The van der Waals surface area contributed by atoms with E-state index in [1.807, 2.05) is 29.9 Å². The Hall–Kier alpha value is -3.50. The maximum absolute atomic E-state index is 12.5. The summed E-state index contributed by atoms with van der Waals surface area (Å²) >= 11 is 0. The van der Waals surface area contributed by atoms with Crippen LogP contribution in [0.2, 0.25) is 0 Å². The Labute approximate surface area is 186 Å². The summed E-state index contributed by atoms with van der Waals surface area (Å²) in [5, 5.41) is 18.6. The van der Waals surface area contributed by atoms with Crippen LogP contribution in [0, 0.1) is 0 Å². The van der Waals surface area contributed by atoms with Crippen molar-refractivity contribution in [2.45, 2.75) is 38.5 Å². The molecular weight excluding hydrogens is 410 g/mol. The van der Waals surface area contributed by atoms with Gasteiger partial charge in [0.2, 0.25) is 0 Å². The molecule has 10 nitrogen and oxygen atoms in total. The zero-order valence-corrected chi connectivity index (χ0v) is 18.0. The number of carbonyl (C=O) groups excluding carboxylic acids is 1. The SMILES string of the molecule is Cn1ccnc1CNCc1ccc(C(=O)N[C@@H](CCCNCc2ncc[nH]2)C(=O)O)cc1. The monoisotopic (exact) mass is 439 g/mol. The number of amides is 1. The van der Waals surface area contributed by atoms with Gasteiger partial charge in [-0.15, -0.1) is 0 Å². The third-order valence-electron chi connectivity index (χ3n) is 5.05. The smallest absolute Gasteiger partial charge is 0.326 e. The van der Waals surface area contributed by atoms with Crippen LogP contribution >= 0.6 is 0 Å². The molecule has 0 unspecified atom stereocenters. The van der Waals surface area contributed by atoms with Gasteiger partial charge in [0, 0.05) is 43.9 Å². The highest BCUT2D eigenvalue weighted by molar-refractivity contribution is 5.96. The van der Waals surface area contributed by atoms with Crippen molar-refractivity contribution in [3.63, 3.8) is 0 Å². The molecule has 0 aliphatic rings. The number of aliphatic carboxylic acids is 1. The predicted octanol–water partition coefficient (Wildman–Crippen LogP) is 1.19.